The fourth-order valence-corrected chi connectivity index (χ4v) is 6.83. The second-order valence-electron chi connectivity index (χ2n) is 9.13. The smallest absolute Gasteiger partial charge is 0.318 e. The molecule has 32 heavy (non-hydrogen) atoms. The van der Waals surface area contributed by atoms with Crippen LogP contribution in [0.5, 0.6) is 0 Å². The largest absolute Gasteiger partial charge is 0.393 e. The van der Waals surface area contributed by atoms with Gasteiger partial charge in [0, 0.05) is 0 Å². The van der Waals surface area contributed by atoms with Gasteiger partial charge >= 0.3 is 47.8 Å². The van der Waals surface area contributed by atoms with E-state index in [1.165, 1.54) is 0 Å². The summed E-state index contributed by atoms with van der Waals surface area (Å²) in [4.78, 5) is 91.2. The molecule has 12 nitrogen and oxygen atoms in total. The van der Waals surface area contributed by atoms with E-state index in [2.05, 4.69) is 18.9 Å². The summed E-state index contributed by atoms with van der Waals surface area (Å²) in [5, 5.41) is 0. The zero-order valence-electron chi connectivity index (χ0n) is 16.1. The zero-order chi connectivity index (χ0) is 22.6. The van der Waals surface area contributed by atoms with Crippen molar-refractivity contribution in [3.8, 4) is 0 Å². The Morgan fingerprint density at radius 2 is 0.656 bits per heavy atom. The Morgan fingerprint density at radius 3 is 1.00 bits per heavy atom. The highest BCUT2D eigenvalue weighted by atomic mass is 16.6. The molecule has 0 amide bonds. The van der Waals surface area contributed by atoms with Gasteiger partial charge in [0.25, 0.3) is 0 Å². The molecule has 0 radical (unpaired) electrons. The third-order valence-corrected chi connectivity index (χ3v) is 7.97. The van der Waals surface area contributed by atoms with E-state index in [4.69, 9.17) is 0 Å². The first kappa shape index (κ1) is 19.3. The number of hydrogen-bond acceptors (Lipinski definition) is 12. The maximum atomic E-state index is 11.6. The number of carbonyl (C=O) groups excluding carboxylic acids is 8. The molecule has 8 atom stereocenters. The van der Waals surface area contributed by atoms with E-state index in [0.717, 1.165) is 0 Å². The van der Waals surface area contributed by atoms with Crippen LogP contribution in [0.4, 0.5) is 0 Å². The molecule has 0 aromatic rings. The van der Waals surface area contributed by atoms with E-state index in [-0.39, 0.29) is 18.3 Å². The van der Waals surface area contributed by atoms with Crippen LogP contribution in [0.1, 0.15) is 12.8 Å². The number of hydrogen-bond donors (Lipinski definition) is 0. The molecule has 0 N–H and O–H groups in total. The van der Waals surface area contributed by atoms with Crippen molar-refractivity contribution in [3.05, 3.63) is 0 Å². The van der Waals surface area contributed by atoms with E-state index in [9.17, 15) is 38.4 Å². The van der Waals surface area contributed by atoms with Crippen molar-refractivity contribution in [1.82, 2.24) is 0 Å². The third kappa shape index (κ3) is 2.21. The minimum absolute atomic E-state index is 0.185. The monoisotopic (exact) mass is 446 g/mol. The molecular formula is C20H14O12. The molecule has 0 spiro atoms. The quantitative estimate of drug-likeness (QED) is 0.234. The highest BCUT2D eigenvalue weighted by Gasteiger charge is 2.72. The van der Waals surface area contributed by atoms with Crippen LogP contribution in [-0.4, -0.2) is 47.8 Å². The Kier molecular flexibility index (Phi) is 3.66. The summed E-state index contributed by atoms with van der Waals surface area (Å²) in [6.45, 7) is 0. The molecule has 0 aromatic carbocycles. The predicted octanol–water partition coefficient (Wildman–Crippen LogP) is -1.71. The highest BCUT2D eigenvalue weighted by molar-refractivity contribution is 6.06. The van der Waals surface area contributed by atoms with Crippen molar-refractivity contribution >= 4 is 47.8 Å². The Morgan fingerprint density at radius 1 is 0.375 bits per heavy atom. The molecule has 7 aliphatic rings. The van der Waals surface area contributed by atoms with Crippen LogP contribution in [0.15, 0.2) is 0 Å². The van der Waals surface area contributed by atoms with Crippen molar-refractivity contribution < 1.29 is 57.3 Å². The van der Waals surface area contributed by atoms with E-state index in [0.29, 0.717) is 6.42 Å². The normalized spacial score (nSPS) is 46.8. The minimum Gasteiger partial charge on any atom is -0.393 e. The maximum Gasteiger partial charge on any atom is 0.318 e. The first-order valence-corrected chi connectivity index (χ1v) is 10.2. The Bertz CT molecular complexity index is 950. The lowest BCUT2D eigenvalue weighted by Gasteiger charge is -2.25. The molecule has 7 rings (SSSR count). The molecule has 7 fully saturated rings. The topological polar surface area (TPSA) is 173 Å². The lowest BCUT2D eigenvalue weighted by molar-refractivity contribution is -0.158. The van der Waals surface area contributed by atoms with E-state index in [1.54, 1.807) is 0 Å². The Balaban J connectivity index is 0.000000123. The van der Waals surface area contributed by atoms with Crippen LogP contribution in [0.3, 0.4) is 0 Å². The van der Waals surface area contributed by atoms with Crippen molar-refractivity contribution in [2.45, 2.75) is 12.8 Å². The fourth-order valence-electron chi connectivity index (χ4n) is 6.83. The van der Waals surface area contributed by atoms with Crippen LogP contribution >= 0.6 is 0 Å². The van der Waals surface area contributed by atoms with Crippen LogP contribution < -0.4 is 0 Å². The van der Waals surface area contributed by atoms with Gasteiger partial charge in [0.05, 0.1) is 47.3 Å². The van der Waals surface area contributed by atoms with E-state index in [1.807, 2.05) is 0 Å². The number of esters is 8. The minimum atomic E-state index is -0.804. The van der Waals surface area contributed by atoms with Gasteiger partial charge in [0.1, 0.15) is 0 Å². The molecule has 4 saturated heterocycles. The Labute approximate surface area is 177 Å². The van der Waals surface area contributed by atoms with Crippen LogP contribution in [-0.2, 0) is 57.3 Å². The summed E-state index contributed by atoms with van der Waals surface area (Å²) in [6, 6.07) is 0. The summed E-state index contributed by atoms with van der Waals surface area (Å²) in [5.41, 5.74) is 0. The number of cyclic esters (lactones) is 8. The van der Waals surface area contributed by atoms with Gasteiger partial charge in [-0.3, -0.25) is 38.4 Å². The summed E-state index contributed by atoms with van der Waals surface area (Å²) >= 11 is 0. The number of ether oxygens (including phenoxy) is 4. The highest BCUT2D eigenvalue weighted by Crippen LogP contribution is 2.63. The maximum absolute atomic E-state index is 11.6. The van der Waals surface area contributed by atoms with Crippen molar-refractivity contribution in [3.63, 3.8) is 0 Å². The summed E-state index contributed by atoms with van der Waals surface area (Å²) in [5.74, 6) is -10.4. The zero-order valence-corrected chi connectivity index (χ0v) is 16.1. The SMILES string of the molecule is O=C1OC(=O)C2C1CC1C(=O)OC(=O)C12.O=C1OC(=O)C2C3CC(C12)C1C(=O)OC(=O)C31. The number of fused-ring (bicyclic) bond motifs is 11. The van der Waals surface area contributed by atoms with Gasteiger partial charge in [0.2, 0.25) is 0 Å². The van der Waals surface area contributed by atoms with Crippen molar-refractivity contribution in [2.75, 3.05) is 0 Å². The number of rotatable bonds is 0. The van der Waals surface area contributed by atoms with Gasteiger partial charge in [-0.2, -0.15) is 0 Å². The summed E-state index contributed by atoms with van der Waals surface area (Å²) in [7, 11) is 0. The summed E-state index contributed by atoms with van der Waals surface area (Å²) < 4.78 is 18.1. The molecular weight excluding hydrogens is 432 g/mol. The molecule has 12 heteroatoms. The first-order chi connectivity index (χ1) is 15.2. The van der Waals surface area contributed by atoms with Crippen molar-refractivity contribution in [2.24, 2.45) is 59.2 Å². The second kappa shape index (κ2) is 6.08. The average Bonchev–Trinajstić information content (AvgIpc) is 3.52. The van der Waals surface area contributed by atoms with E-state index >= 15 is 0 Å². The molecule has 2 bridgehead atoms. The van der Waals surface area contributed by atoms with Gasteiger partial charge in [-0.15, -0.1) is 0 Å². The molecule has 3 aliphatic carbocycles. The molecule has 166 valence electrons. The summed E-state index contributed by atoms with van der Waals surface area (Å²) in [6.07, 6.45) is 0.761. The van der Waals surface area contributed by atoms with E-state index < -0.39 is 95.1 Å². The third-order valence-electron chi connectivity index (χ3n) is 7.97. The van der Waals surface area contributed by atoms with Crippen LogP contribution in [0.2, 0.25) is 0 Å². The predicted molar refractivity (Wildman–Crippen MR) is 88.5 cm³/mol. The van der Waals surface area contributed by atoms with Gasteiger partial charge in [-0.1, -0.05) is 0 Å². The fraction of sp³-hybridized carbons (Fsp3) is 0.600. The van der Waals surface area contributed by atoms with Crippen molar-refractivity contribution in [1.29, 1.82) is 0 Å². The molecule has 4 aliphatic heterocycles. The lowest BCUT2D eigenvalue weighted by atomic mass is 9.70. The van der Waals surface area contributed by atoms with Gasteiger partial charge in [0.15, 0.2) is 0 Å². The standard InChI is InChI=1S/C11H8O6.C9H6O6/c12-8-4-2-1-3(6(4)10(14)16-8)7-5(2)9(13)17-11(7)15;10-6-2-1-3-5(4(2)8(12)14-6)9(13)15-7(3)11/h2-7H,1H2;2-5H,1H2. The number of carbonyl (C=O) groups is 8. The molecule has 4 heterocycles. The van der Waals surface area contributed by atoms with Crippen LogP contribution in [0, 0.1) is 59.2 Å². The molecule has 8 unspecified atom stereocenters. The molecule has 3 saturated carbocycles. The van der Waals surface area contributed by atoms with Crippen LogP contribution in [0.25, 0.3) is 0 Å². The first-order valence-electron chi connectivity index (χ1n) is 10.2. The average molecular weight is 446 g/mol. The Hall–Kier alpha value is -3.44. The lowest BCUT2D eigenvalue weighted by Crippen LogP contribution is -2.37. The van der Waals surface area contributed by atoms with Gasteiger partial charge in [-0.05, 0) is 24.7 Å². The second-order valence-corrected chi connectivity index (χ2v) is 9.13. The van der Waals surface area contributed by atoms with Gasteiger partial charge < -0.3 is 18.9 Å². The molecule has 0 aromatic heterocycles. The van der Waals surface area contributed by atoms with Gasteiger partial charge in [-0.25, -0.2) is 0 Å².